The number of aromatic nitrogens is 2. The van der Waals surface area contributed by atoms with Gasteiger partial charge in [0.2, 0.25) is 0 Å². The highest BCUT2D eigenvalue weighted by Gasteiger charge is 2.03. The maximum Gasteiger partial charge on any atom is 0.123 e. The van der Waals surface area contributed by atoms with Crippen LogP contribution in [0.5, 0.6) is 5.75 Å². The van der Waals surface area contributed by atoms with Crippen LogP contribution in [0.1, 0.15) is 18.9 Å². The van der Waals surface area contributed by atoms with E-state index in [2.05, 4.69) is 39.3 Å². The Morgan fingerprint density at radius 3 is 2.95 bits per heavy atom. The molecule has 0 saturated carbocycles. The molecule has 1 N–H and O–H groups in total. The van der Waals surface area contributed by atoms with Crippen LogP contribution in [0.15, 0.2) is 41.1 Å². The molecule has 1 aromatic carbocycles. The number of nitrogens with zero attached hydrogens (tertiary/aromatic N) is 2. The van der Waals surface area contributed by atoms with E-state index in [-0.39, 0.29) is 0 Å². The van der Waals surface area contributed by atoms with Crippen LogP contribution in [0.3, 0.4) is 0 Å². The van der Waals surface area contributed by atoms with E-state index in [0.717, 1.165) is 36.3 Å². The van der Waals surface area contributed by atoms with E-state index in [4.69, 9.17) is 4.74 Å². The third kappa shape index (κ3) is 4.65. The van der Waals surface area contributed by atoms with Gasteiger partial charge in [-0.25, -0.2) is 0 Å². The van der Waals surface area contributed by atoms with Gasteiger partial charge in [0.05, 0.1) is 17.2 Å². The predicted molar refractivity (Wildman–Crippen MR) is 83.9 cm³/mol. The first-order valence-electron chi connectivity index (χ1n) is 6.89. The minimum Gasteiger partial charge on any atom is -0.491 e. The fourth-order valence-corrected chi connectivity index (χ4v) is 2.23. The number of hydrogen-bond acceptors (Lipinski definition) is 3. The van der Waals surface area contributed by atoms with E-state index >= 15 is 0 Å². The van der Waals surface area contributed by atoms with Gasteiger partial charge in [-0.1, -0.05) is 25.1 Å². The van der Waals surface area contributed by atoms with Gasteiger partial charge in [-0.3, -0.25) is 4.68 Å². The Balaban J connectivity index is 1.85. The second kappa shape index (κ2) is 8.07. The van der Waals surface area contributed by atoms with Gasteiger partial charge in [0.25, 0.3) is 0 Å². The zero-order valence-corrected chi connectivity index (χ0v) is 13.3. The molecule has 0 atom stereocenters. The van der Waals surface area contributed by atoms with Crippen LogP contribution in [-0.4, -0.2) is 22.9 Å². The van der Waals surface area contributed by atoms with E-state index in [9.17, 15) is 0 Å². The van der Waals surface area contributed by atoms with Crippen molar-refractivity contribution in [1.82, 2.24) is 15.1 Å². The molecular formula is C15H20BrN3O. The monoisotopic (exact) mass is 337 g/mol. The summed E-state index contributed by atoms with van der Waals surface area (Å²) in [5, 5.41) is 7.61. The molecule has 0 fully saturated rings. The lowest BCUT2D eigenvalue weighted by molar-refractivity contribution is 0.288. The molecule has 0 amide bonds. The van der Waals surface area contributed by atoms with E-state index in [1.165, 1.54) is 5.56 Å². The number of ether oxygens (including phenoxy) is 1. The highest BCUT2D eigenvalue weighted by molar-refractivity contribution is 9.10. The number of benzene rings is 1. The lowest BCUT2D eigenvalue weighted by Crippen LogP contribution is -2.15. The Kier molecular flexibility index (Phi) is 6.08. The lowest BCUT2D eigenvalue weighted by atomic mass is 10.2. The molecule has 0 saturated heterocycles. The Bertz CT molecular complexity index is 527. The predicted octanol–water partition coefficient (Wildman–Crippen LogP) is 3.22. The molecule has 2 aromatic rings. The molecule has 108 valence electrons. The van der Waals surface area contributed by atoms with Crippen LogP contribution in [-0.2, 0) is 13.1 Å². The number of para-hydroxylation sites is 1. The van der Waals surface area contributed by atoms with Crippen molar-refractivity contribution in [1.29, 1.82) is 0 Å². The summed E-state index contributed by atoms with van der Waals surface area (Å²) in [6.07, 6.45) is 4.86. The average Bonchev–Trinajstić information content (AvgIpc) is 2.86. The topological polar surface area (TPSA) is 39.1 Å². The summed E-state index contributed by atoms with van der Waals surface area (Å²) in [6.45, 7) is 5.38. The van der Waals surface area contributed by atoms with Crippen molar-refractivity contribution in [3.63, 3.8) is 0 Å². The van der Waals surface area contributed by atoms with Crippen molar-refractivity contribution in [2.45, 2.75) is 26.4 Å². The second-order valence-corrected chi connectivity index (χ2v) is 5.47. The Labute approximate surface area is 128 Å². The zero-order chi connectivity index (χ0) is 14.2. The fourth-order valence-electron chi connectivity index (χ4n) is 1.90. The number of rotatable bonds is 8. The minimum absolute atomic E-state index is 0.610. The van der Waals surface area contributed by atoms with Crippen LogP contribution in [0.25, 0.3) is 0 Å². The minimum atomic E-state index is 0.610. The number of halogens is 1. The average molecular weight is 338 g/mol. The third-order valence-electron chi connectivity index (χ3n) is 2.89. The zero-order valence-electron chi connectivity index (χ0n) is 11.7. The smallest absolute Gasteiger partial charge is 0.123 e. The molecule has 0 spiro atoms. The lowest BCUT2D eigenvalue weighted by Gasteiger charge is -2.12. The molecule has 0 bridgehead atoms. The summed E-state index contributed by atoms with van der Waals surface area (Å²) in [5.41, 5.74) is 1.20. The Morgan fingerprint density at radius 2 is 2.20 bits per heavy atom. The van der Waals surface area contributed by atoms with E-state index in [1.54, 1.807) is 6.20 Å². The maximum atomic E-state index is 5.86. The van der Waals surface area contributed by atoms with Crippen molar-refractivity contribution in [2.24, 2.45) is 0 Å². The van der Waals surface area contributed by atoms with Crippen molar-refractivity contribution in [3.05, 3.63) is 46.7 Å². The molecule has 1 aromatic heterocycles. The van der Waals surface area contributed by atoms with E-state index in [1.807, 2.05) is 29.1 Å². The molecule has 4 nitrogen and oxygen atoms in total. The maximum absolute atomic E-state index is 5.86. The largest absolute Gasteiger partial charge is 0.491 e. The molecule has 1 heterocycles. The normalized spacial score (nSPS) is 10.7. The molecule has 0 unspecified atom stereocenters. The first-order valence-corrected chi connectivity index (χ1v) is 7.68. The molecule has 0 aliphatic carbocycles. The van der Waals surface area contributed by atoms with Crippen molar-refractivity contribution < 1.29 is 4.74 Å². The van der Waals surface area contributed by atoms with E-state index < -0.39 is 0 Å². The Hall–Kier alpha value is -1.33. The first kappa shape index (κ1) is 15.1. The summed E-state index contributed by atoms with van der Waals surface area (Å²) in [6, 6.07) is 8.16. The van der Waals surface area contributed by atoms with Gasteiger partial charge in [-0.2, -0.15) is 5.10 Å². The summed E-state index contributed by atoms with van der Waals surface area (Å²) in [4.78, 5) is 0. The molecule has 5 heteroatoms. The summed E-state index contributed by atoms with van der Waals surface area (Å²) in [7, 11) is 0. The fraction of sp³-hybridized carbons (Fsp3) is 0.400. The van der Waals surface area contributed by atoms with Gasteiger partial charge in [-0.15, -0.1) is 0 Å². The van der Waals surface area contributed by atoms with Crippen molar-refractivity contribution in [2.75, 3.05) is 13.2 Å². The van der Waals surface area contributed by atoms with Gasteiger partial charge in [0.1, 0.15) is 12.4 Å². The molecule has 20 heavy (non-hydrogen) atoms. The second-order valence-electron chi connectivity index (χ2n) is 4.55. The standard InChI is InChI=1S/C15H20BrN3O/c1-2-7-17-10-13-5-3-4-6-15(13)20-9-8-19-12-14(16)11-18-19/h3-6,11-12,17H,2,7-10H2,1H3. The van der Waals surface area contributed by atoms with Crippen LogP contribution >= 0.6 is 15.9 Å². The van der Waals surface area contributed by atoms with Crippen molar-refractivity contribution in [3.8, 4) is 5.75 Å². The van der Waals surface area contributed by atoms with Crippen LogP contribution in [0, 0.1) is 0 Å². The third-order valence-corrected chi connectivity index (χ3v) is 3.30. The summed E-state index contributed by atoms with van der Waals surface area (Å²) in [5.74, 6) is 0.947. The van der Waals surface area contributed by atoms with Crippen LogP contribution in [0.2, 0.25) is 0 Å². The van der Waals surface area contributed by atoms with E-state index in [0.29, 0.717) is 6.61 Å². The SMILES string of the molecule is CCCNCc1ccccc1OCCn1cc(Br)cn1. The van der Waals surface area contributed by atoms with Crippen molar-refractivity contribution >= 4 is 15.9 Å². The van der Waals surface area contributed by atoms with Gasteiger partial charge >= 0.3 is 0 Å². The quantitative estimate of drug-likeness (QED) is 0.751. The summed E-state index contributed by atoms with van der Waals surface area (Å²) < 4.78 is 8.72. The molecule has 2 rings (SSSR count). The Morgan fingerprint density at radius 1 is 1.35 bits per heavy atom. The molecule has 0 aliphatic rings. The van der Waals surface area contributed by atoms with Gasteiger partial charge in [0, 0.05) is 18.3 Å². The van der Waals surface area contributed by atoms with Gasteiger partial charge < -0.3 is 10.1 Å². The first-order chi connectivity index (χ1) is 9.79. The van der Waals surface area contributed by atoms with Gasteiger partial charge in [0.15, 0.2) is 0 Å². The molecular weight excluding hydrogens is 318 g/mol. The molecule has 0 radical (unpaired) electrons. The summed E-state index contributed by atoms with van der Waals surface area (Å²) >= 11 is 3.38. The highest BCUT2D eigenvalue weighted by atomic mass is 79.9. The van der Waals surface area contributed by atoms with Gasteiger partial charge in [-0.05, 0) is 35.0 Å². The van der Waals surface area contributed by atoms with Crippen LogP contribution in [0.4, 0.5) is 0 Å². The highest BCUT2D eigenvalue weighted by Crippen LogP contribution is 2.17. The molecule has 0 aliphatic heterocycles. The number of nitrogens with one attached hydrogen (secondary N) is 1. The number of hydrogen-bond donors (Lipinski definition) is 1. The van der Waals surface area contributed by atoms with Crippen LogP contribution < -0.4 is 10.1 Å².